The van der Waals surface area contributed by atoms with E-state index in [4.69, 9.17) is 4.74 Å². The Morgan fingerprint density at radius 1 is 1.03 bits per heavy atom. The van der Waals surface area contributed by atoms with Crippen LogP contribution >= 0.6 is 11.3 Å². The molecule has 1 aromatic carbocycles. The Labute approximate surface area is 187 Å². The number of rotatable bonds is 7. The van der Waals surface area contributed by atoms with Crippen LogP contribution in [0.3, 0.4) is 0 Å². The Morgan fingerprint density at radius 2 is 1.77 bits per heavy atom. The van der Waals surface area contributed by atoms with Crippen molar-refractivity contribution in [1.29, 1.82) is 0 Å². The van der Waals surface area contributed by atoms with Crippen molar-refractivity contribution in [3.8, 4) is 5.75 Å². The van der Waals surface area contributed by atoms with Gasteiger partial charge in [-0.05, 0) is 25.0 Å². The third-order valence-electron chi connectivity index (χ3n) is 6.26. The van der Waals surface area contributed by atoms with Crippen LogP contribution in [0.2, 0.25) is 0 Å². The molecule has 2 fully saturated rings. The molecule has 1 aliphatic heterocycles. The molecule has 4 rings (SSSR count). The molecule has 0 radical (unpaired) electrons. The highest BCUT2D eigenvalue weighted by molar-refractivity contribution is 7.15. The van der Waals surface area contributed by atoms with Gasteiger partial charge in [-0.25, -0.2) is 0 Å². The second-order valence-electron chi connectivity index (χ2n) is 8.25. The topological polar surface area (TPSA) is 75.6 Å². The van der Waals surface area contributed by atoms with E-state index >= 15 is 0 Å². The number of para-hydroxylation sites is 1. The fraction of sp³-hybridized carbons (Fsp3) is 0.565. The number of Topliss-reactive ketones (excluding diaryl/α,β-unsaturated/α-hetero) is 1. The molecule has 1 aromatic heterocycles. The third-order valence-corrected chi connectivity index (χ3v) is 7.41. The lowest BCUT2D eigenvalue weighted by Crippen LogP contribution is -2.48. The van der Waals surface area contributed by atoms with Crippen molar-refractivity contribution in [1.82, 2.24) is 15.1 Å². The summed E-state index contributed by atoms with van der Waals surface area (Å²) in [4.78, 5) is 29.2. The number of carbonyl (C=O) groups is 2. The summed E-state index contributed by atoms with van der Waals surface area (Å²) in [6.45, 7) is 2.82. The lowest BCUT2D eigenvalue weighted by atomic mass is 9.90. The van der Waals surface area contributed by atoms with Crippen LogP contribution in [0.15, 0.2) is 24.3 Å². The molecule has 2 heterocycles. The largest absolute Gasteiger partial charge is 0.496 e. The van der Waals surface area contributed by atoms with E-state index in [0.717, 1.165) is 18.2 Å². The Kier molecular flexibility index (Phi) is 7.17. The van der Waals surface area contributed by atoms with Gasteiger partial charge in [0.2, 0.25) is 11.0 Å². The standard InChI is InChI=1S/C23H30N4O3S/c1-30-20-10-6-5-9-18(20)19(28)11-12-21(29)26-13-15-27(16-14-26)23-25-24-22(31-23)17-7-3-2-4-8-17/h5-6,9-10,17H,2-4,7-8,11-16H2,1H3. The van der Waals surface area contributed by atoms with Crippen molar-refractivity contribution in [3.05, 3.63) is 34.8 Å². The molecule has 2 aromatic rings. The maximum atomic E-state index is 12.6. The van der Waals surface area contributed by atoms with Crippen LogP contribution in [0.5, 0.6) is 5.75 Å². The number of benzene rings is 1. The van der Waals surface area contributed by atoms with Gasteiger partial charge >= 0.3 is 0 Å². The van der Waals surface area contributed by atoms with Crippen LogP contribution in [0.4, 0.5) is 5.13 Å². The summed E-state index contributed by atoms with van der Waals surface area (Å²) >= 11 is 1.71. The fourth-order valence-electron chi connectivity index (χ4n) is 4.40. The summed E-state index contributed by atoms with van der Waals surface area (Å²) in [5.41, 5.74) is 0.535. The minimum atomic E-state index is -0.0615. The average Bonchev–Trinajstić information content (AvgIpc) is 3.33. The molecule has 0 unspecified atom stereocenters. The first kappa shape index (κ1) is 21.7. The van der Waals surface area contributed by atoms with Gasteiger partial charge in [-0.1, -0.05) is 42.7 Å². The highest BCUT2D eigenvalue weighted by Crippen LogP contribution is 2.36. The number of anilines is 1. The van der Waals surface area contributed by atoms with Gasteiger partial charge in [-0.3, -0.25) is 9.59 Å². The van der Waals surface area contributed by atoms with Gasteiger partial charge in [0.15, 0.2) is 5.78 Å². The van der Waals surface area contributed by atoms with Crippen molar-refractivity contribution in [2.75, 3.05) is 38.2 Å². The lowest BCUT2D eigenvalue weighted by Gasteiger charge is -2.34. The van der Waals surface area contributed by atoms with E-state index in [2.05, 4.69) is 15.1 Å². The molecule has 31 heavy (non-hydrogen) atoms. The zero-order chi connectivity index (χ0) is 21.6. The minimum absolute atomic E-state index is 0.0306. The Balaban J connectivity index is 1.25. The molecule has 1 saturated carbocycles. The quantitative estimate of drug-likeness (QED) is 0.605. The van der Waals surface area contributed by atoms with Gasteiger partial charge in [-0.2, -0.15) is 0 Å². The Bertz CT molecular complexity index is 902. The summed E-state index contributed by atoms with van der Waals surface area (Å²) < 4.78 is 5.25. The highest BCUT2D eigenvalue weighted by atomic mass is 32.1. The molecule has 1 aliphatic carbocycles. The van der Waals surface area contributed by atoms with Crippen LogP contribution in [-0.2, 0) is 4.79 Å². The van der Waals surface area contributed by atoms with Crippen LogP contribution in [0, 0.1) is 0 Å². The molecule has 8 heteroatoms. The summed E-state index contributed by atoms with van der Waals surface area (Å²) in [5.74, 6) is 1.10. The average molecular weight is 443 g/mol. The van der Waals surface area contributed by atoms with E-state index in [1.165, 1.54) is 37.1 Å². The van der Waals surface area contributed by atoms with Crippen LogP contribution < -0.4 is 9.64 Å². The first-order chi connectivity index (χ1) is 15.2. The van der Waals surface area contributed by atoms with Gasteiger partial charge in [-0.15, -0.1) is 10.2 Å². The Hall–Kier alpha value is -2.48. The van der Waals surface area contributed by atoms with E-state index in [9.17, 15) is 9.59 Å². The zero-order valence-corrected chi connectivity index (χ0v) is 18.9. The first-order valence-electron chi connectivity index (χ1n) is 11.2. The highest BCUT2D eigenvalue weighted by Gasteiger charge is 2.26. The van der Waals surface area contributed by atoms with Crippen molar-refractivity contribution in [2.24, 2.45) is 0 Å². The van der Waals surface area contributed by atoms with Gasteiger partial charge in [0.1, 0.15) is 10.8 Å². The van der Waals surface area contributed by atoms with Gasteiger partial charge in [0, 0.05) is 44.9 Å². The van der Waals surface area contributed by atoms with Crippen molar-refractivity contribution < 1.29 is 14.3 Å². The number of piperazine rings is 1. The molecule has 0 spiro atoms. The predicted molar refractivity (Wildman–Crippen MR) is 121 cm³/mol. The molecule has 1 amide bonds. The first-order valence-corrected chi connectivity index (χ1v) is 12.0. The SMILES string of the molecule is COc1ccccc1C(=O)CCC(=O)N1CCN(c2nnc(C3CCCCC3)s2)CC1. The number of ether oxygens (including phenoxy) is 1. The number of amides is 1. The summed E-state index contributed by atoms with van der Waals surface area (Å²) in [7, 11) is 1.55. The van der Waals surface area contributed by atoms with Crippen LogP contribution in [0.25, 0.3) is 0 Å². The lowest BCUT2D eigenvalue weighted by molar-refractivity contribution is -0.131. The smallest absolute Gasteiger partial charge is 0.223 e. The number of nitrogens with zero attached hydrogens (tertiary/aromatic N) is 4. The number of ketones is 1. The maximum absolute atomic E-state index is 12.6. The zero-order valence-electron chi connectivity index (χ0n) is 18.1. The van der Waals surface area contributed by atoms with Crippen LogP contribution in [0.1, 0.15) is 66.2 Å². The molecule has 7 nitrogen and oxygen atoms in total. The van der Waals surface area contributed by atoms with Crippen molar-refractivity contribution >= 4 is 28.2 Å². The van der Waals surface area contributed by atoms with E-state index < -0.39 is 0 Å². The normalized spacial score (nSPS) is 17.6. The molecule has 0 bridgehead atoms. The van der Waals surface area contributed by atoms with Crippen molar-refractivity contribution in [2.45, 2.75) is 50.9 Å². The van der Waals surface area contributed by atoms with Gasteiger partial charge < -0.3 is 14.5 Å². The van der Waals surface area contributed by atoms with E-state index in [0.29, 0.717) is 30.3 Å². The summed E-state index contributed by atoms with van der Waals surface area (Å²) in [6, 6.07) is 7.15. The van der Waals surface area contributed by atoms with E-state index in [-0.39, 0.29) is 24.5 Å². The minimum Gasteiger partial charge on any atom is -0.496 e. The monoisotopic (exact) mass is 442 g/mol. The number of aromatic nitrogens is 2. The number of methoxy groups -OCH3 is 1. The van der Waals surface area contributed by atoms with E-state index in [1.807, 2.05) is 17.0 Å². The third kappa shape index (κ3) is 5.23. The van der Waals surface area contributed by atoms with Crippen LogP contribution in [-0.4, -0.2) is 60.1 Å². The summed E-state index contributed by atoms with van der Waals surface area (Å²) in [5, 5.41) is 11.0. The molecule has 2 aliphatic rings. The number of carbonyl (C=O) groups excluding carboxylic acids is 2. The molecule has 0 atom stereocenters. The second-order valence-corrected chi connectivity index (χ2v) is 9.24. The molecule has 1 saturated heterocycles. The molecular weight excluding hydrogens is 412 g/mol. The van der Waals surface area contributed by atoms with Gasteiger partial charge in [0.25, 0.3) is 0 Å². The molecular formula is C23H30N4O3S. The van der Waals surface area contributed by atoms with E-state index in [1.54, 1.807) is 30.6 Å². The molecule has 0 N–H and O–H groups in total. The van der Waals surface area contributed by atoms with Gasteiger partial charge in [0.05, 0.1) is 12.7 Å². The Morgan fingerprint density at radius 3 is 2.52 bits per heavy atom. The second kappa shape index (κ2) is 10.2. The van der Waals surface area contributed by atoms with Crippen molar-refractivity contribution in [3.63, 3.8) is 0 Å². The number of hydrogen-bond acceptors (Lipinski definition) is 7. The maximum Gasteiger partial charge on any atom is 0.223 e. The fourth-order valence-corrected chi connectivity index (χ4v) is 5.47. The number of hydrogen-bond donors (Lipinski definition) is 0. The molecule has 166 valence electrons. The summed E-state index contributed by atoms with van der Waals surface area (Å²) in [6.07, 6.45) is 6.79. The predicted octanol–water partition coefficient (Wildman–Crippen LogP) is 3.91.